The molecule has 0 radical (unpaired) electrons. The lowest BCUT2D eigenvalue weighted by molar-refractivity contribution is 0.357. The first kappa shape index (κ1) is 24.3. The van der Waals surface area contributed by atoms with Gasteiger partial charge in [-0.25, -0.2) is 0 Å². The number of hydrogen-bond donors (Lipinski definition) is 2. The molecule has 10 heteroatoms. The zero-order valence-electron chi connectivity index (χ0n) is 20.6. The molecule has 1 aliphatic rings. The minimum Gasteiger partial charge on any atom is -0.340 e. The number of hydrogen-bond acceptors (Lipinski definition) is 6. The number of aromatic amines is 1. The molecular weight excluding hydrogens is 505 g/mol. The third-order valence-electron chi connectivity index (χ3n) is 7.33. The molecule has 192 valence electrons. The average molecular weight is 530 g/mol. The van der Waals surface area contributed by atoms with Crippen LogP contribution in [0.5, 0.6) is 0 Å². The van der Waals surface area contributed by atoms with Crippen molar-refractivity contribution in [3.05, 3.63) is 70.1 Å². The number of pyridine rings is 2. The first-order valence-electron chi connectivity index (χ1n) is 12.5. The fraction of sp³-hybridized carbons (Fsp3) is 0.250. The maximum Gasteiger partial charge on any atom is 0.333 e. The van der Waals surface area contributed by atoms with Crippen LogP contribution in [0.1, 0.15) is 36.9 Å². The Bertz CT molecular complexity index is 1970. The van der Waals surface area contributed by atoms with Gasteiger partial charge in [0.05, 0.1) is 28.6 Å². The number of aromatic nitrogens is 3. The topological polar surface area (TPSA) is 121 Å². The normalized spacial score (nSPS) is 14.2. The lowest BCUT2D eigenvalue weighted by Gasteiger charge is -2.32. The number of H-pyrrole nitrogens is 1. The third kappa shape index (κ3) is 3.86. The molecule has 2 aromatic carbocycles. The Balaban J connectivity index is 1.73. The first-order chi connectivity index (χ1) is 18.3. The molecule has 38 heavy (non-hydrogen) atoms. The van der Waals surface area contributed by atoms with Gasteiger partial charge < -0.3 is 14.9 Å². The highest BCUT2D eigenvalue weighted by atomic mass is 32.3. The Morgan fingerprint density at radius 3 is 2.66 bits per heavy atom. The van der Waals surface area contributed by atoms with Crippen molar-refractivity contribution >= 4 is 43.1 Å². The quantitative estimate of drug-likeness (QED) is 0.307. The van der Waals surface area contributed by atoms with Gasteiger partial charge >= 0.3 is 10.2 Å². The van der Waals surface area contributed by atoms with E-state index in [-0.39, 0.29) is 11.5 Å². The number of nitriles is 1. The predicted molar refractivity (Wildman–Crippen MR) is 144 cm³/mol. The molecule has 3 aromatic heterocycles. The largest absolute Gasteiger partial charge is 0.340 e. The van der Waals surface area contributed by atoms with Crippen LogP contribution >= 0.6 is 0 Å². The van der Waals surface area contributed by atoms with Crippen molar-refractivity contribution in [2.45, 2.75) is 37.1 Å². The van der Waals surface area contributed by atoms with E-state index < -0.39 is 15.1 Å². The van der Waals surface area contributed by atoms with Crippen molar-refractivity contribution < 1.29 is 12.3 Å². The fourth-order valence-corrected chi connectivity index (χ4v) is 5.76. The Morgan fingerprint density at radius 2 is 1.97 bits per heavy atom. The molecule has 1 saturated heterocycles. The molecule has 4 heterocycles. The summed E-state index contributed by atoms with van der Waals surface area (Å²) >= 11 is 0. The van der Waals surface area contributed by atoms with Crippen molar-refractivity contribution in [3.63, 3.8) is 0 Å². The molecule has 0 amide bonds. The second kappa shape index (κ2) is 9.04. The van der Waals surface area contributed by atoms with Gasteiger partial charge in [-0.05, 0) is 54.3 Å². The molecule has 0 aliphatic carbocycles. The highest BCUT2D eigenvalue weighted by molar-refractivity contribution is 7.86. The molecule has 0 spiro atoms. The van der Waals surface area contributed by atoms with Gasteiger partial charge in [0.2, 0.25) is 0 Å². The van der Waals surface area contributed by atoms with Gasteiger partial charge in [-0.1, -0.05) is 19.4 Å². The SMILES string of the molecule is CCCCc1cc2c(=O)c3c4ccc(C#N)cc4[nH]c3n(C3CNC3)c2cc1-c1cncc(S(=O)(=O)F)c1. The zero-order valence-corrected chi connectivity index (χ0v) is 21.4. The summed E-state index contributed by atoms with van der Waals surface area (Å²) in [6.07, 6.45) is 4.96. The van der Waals surface area contributed by atoms with Crippen LogP contribution < -0.4 is 10.7 Å². The predicted octanol–water partition coefficient (Wildman–Crippen LogP) is 4.71. The van der Waals surface area contributed by atoms with Crippen LogP contribution in [-0.4, -0.2) is 36.0 Å². The molecule has 2 N–H and O–H groups in total. The van der Waals surface area contributed by atoms with Crippen LogP contribution in [0.25, 0.3) is 44.0 Å². The van der Waals surface area contributed by atoms with E-state index in [4.69, 9.17) is 0 Å². The number of unbranched alkanes of at least 4 members (excludes halogenated alkanes) is 1. The van der Waals surface area contributed by atoms with Gasteiger partial charge in [-0.2, -0.15) is 13.7 Å². The monoisotopic (exact) mass is 529 g/mol. The van der Waals surface area contributed by atoms with Crippen molar-refractivity contribution in [1.29, 1.82) is 5.26 Å². The number of benzene rings is 2. The average Bonchev–Trinajstić information content (AvgIpc) is 3.26. The van der Waals surface area contributed by atoms with Gasteiger partial charge in [-0.15, -0.1) is 3.89 Å². The van der Waals surface area contributed by atoms with Gasteiger partial charge in [-0.3, -0.25) is 9.78 Å². The van der Waals surface area contributed by atoms with E-state index in [2.05, 4.69) is 32.8 Å². The van der Waals surface area contributed by atoms with Crippen molar-refractivity contribution in [2.24, 2.45) is 0 Å². The highest BCUT2D eigenvalue weighted by Gasteiger charge is 2.26. The third-order valence-corrected chi connectivity index (χ3v) is 8.12. The highest BCUT2D eigenvalue weighted by Crippen LogP contribution is 2.35. The number of nitrogens with zero attached hydrogens (tertiary/aromatic N) is 3. The molecule has 0 atom stereocenters. The van der Waals surface area contributed by atoms with E-state index in [1.54, 1.807) is 12.1 Å². The van der Waals surface area contributed by atoms with Gasteiger partial charge in [0.25, 0.3) is 0 Å². The smallest absolute Gasteiger partial charge is 0.333 e. The van der Waals surface area contributed by atoms with Gasteiger partial charge in [0.15, 0.2) is 5.43 Å². The van der Waals surface area contributed by atoms with Crippen molar-refractivity contribution in [2.75, 3.05) is 13.1 Å². The summed E-state index contributed by atoms with van der Waals surface area (Å²) in [7, 11) is -4.93. The van der Waals surface area contributed by atoms with Crippen molar-refractivity contribution in [3.8, 4) is 17.2 Å². The van der Waals surface area contributed by atoms with E-state index in [1.165, 1.54) is 12.3 Å². The standard InChI is InChI=1S/C28H24FN5O3S/c1-2-3-4-17-9-23-25(10-22(17)18-8-20(15-31-12-18)38(29,36)37)34(19-13-32-14-19)28-26(27(23)35)21-6-5-16(11-30)7-24(21)33-28/h5-10,12,15,19,32-33H,2-4,13-14H2,1H3. The molecule has 1 fully saturated rings. The number of fused-ring (bicyclic) bond motifs is 4. The van der Waals surface area contributed by atoms with Gasteiger partial charge in [0.1, 0.15) is 10.5 Å². The minimum absolute atomic E-state index is 0.0779. The van der Waals surface area contributed by atoms with Crippen LogP contribution in [0.4, 0.5) is 3.89 Å². The lowest BCUT2D eigenvalue weighted by atomic mass is 9.94. The molecule has 5 aromatic rings. The summed E-state index contributed by atoms with van der Waals surface area (Å²) < 4.78 is 39.2. The summed E-state index contributed by atoms with van der Waals surface area (Å²) in [6.45, 7) is 3.51. The maximum atomic E-state index is 14.0. The van der Waals surface area contributed by atoms with E-state index in [9.17, 15) is 22.4 Å². The molecule has 0 bridgehead atoms. The molecule has 6 rings (SSSR count). The van der Waals surface area contributed by atoms with E-state index >= 15 is 0 Å². The summed E-state index contributed by atoms with van der Waals surface area (Å²) in [4.78, 5) is 20.9. The van der Waals surface area contributed by atoms with E-state index in [0.717, 1.165) is 43.1 Å². The summed E-state index contributed by atoms with van der Waals surface area (Å²) in [5, 5.41) is 14.6. The first-order valence-corrected chi connectivity index (χ1v) is 13.9. The Labute approximate surface area is 217 Å². The van der Waals surface area contributed by atoms with Crippen LogP contribution in [0.15, 0.2) is 58.5 Å². The van der Waals surface area contributed by atoms with Gasteiger partial charge in [0, 0.05) is 47.3 Å². The summed E-state index contributed by atoms with van der Waals surface area (Å²) in [6, 6.07) is 12.6. The van der Waals surface area contributed by atoms with Crippen LogP contribution in [-0.2, 0) is 16.6 Å². The Kier molecular flexibility index (Phi) is 5.78. The molecule has 0 saturated carbocycles. The van der Waals surface area contributed by atoms with Crippen LogP contribution in [0.2, 0.25) is 0 Å². The van der Waals surface area contributed by atoms with E-state index in [0.29, 0.717) is 50.6 Å². The Hall–Kier alpha value is -4.07. The summed E-state index contributed by atoms with van der Waals surface area (Å²) in [5.74, 6) is 0. The molecule has 1 aliphatic heterocycles. The molecule has 8 nitrogen and oxygen atoms in total. The molecular formula is C28H24FN5O3S. The minimum atomic E-state index is -4.93. The number of nitrogens with one attached hydrogen (secondary N) is 2. The van der Waals surface area contributed by atoms with Crippen LogP contribution in [0.3, 0.4) is 0 Å². The number of halogens is 1. The number of rotatable bonds is 6. The Morgan fingerprint density at radius 1 is 1.16 bits per heavy atom. The zero-order chi connectivity index (χ0) is 26.6. The second-order valence-corrected chi connectivity index (χ2v) is 11.1. The molecule has 0 unspecified atom stereocenters. The van der Waals surface area contributed by atoms with Crippen molar-refractivity contribution in [1.82, 2.24) is 19.9 Å². The second-order valence-electron chi connectivity index (χ2n) is 9.71. The lowest BCUT2D eigenvalue weighted by Crippen LogP contribution is -2.44. The van der Waals surface area contributed by atoms with Crippen LogP contribution in [0, 0.1) is 11.3 Å². The summed E-state index contributed by atoms with van der Waals surface area (Å²) in [5.41, 5.74) is 4.52. The van der Waals surface area contributed by atoms with E-state index in [1.807, 2.05) is 18.2 Å². The number of aryl methyl sites for hydroxylation is 1. The fourth-order valence-electron chi connectivity index (χ4n) is 5.31. The maximum absolute atomic E-state index is 14.0.